The van der Waals surface area contributed by atoms with Crippen LogP contribution in [0.15, 0.2) is 48.5 Å². The number of benzene rings is 2. The molecule has 0 heterocycles. The van der Waals surface area contributed by atoms with Crippen molar-refractivity contribution in [3.8, 4) is 5.75 Å². The van der Waals surface area contributed by atoms with E-state index in [-0.39, 0.29) is 0 Å². The van der Waals surface area contributed by atoms with Crippen molar-refractivity contribution < 1.29 is 4.74 Å². The van der Waals surface area contributed by atoms with E-state index in [9.17, 15) is 0 Å². The van der Waals surface area contributed by atoms with Crippen molar-refractivity contribution in [2.24, 2.45) is 11.7 Å². The number of nitrogens with two attached hydrogens (primary N) is 1. The molecule has 0 aromatic heterocycles. The normalized spacial score (nSPS) is 14.0. The number of hydrogen-bond donors (Lipinski definition) is 1. The second-order valence-corrected chi connectivity index (χ2v) is 6.23. The molecule has 2 heteroatoms. The molecule has 0 bridgehead atoms. The van der Waals surface area contributed by atoms with Crippen LogP contribution in [0.1, 0.15) is 37.5 Å². The molecule has 0 aliphatic carbocycles. The minimum atomic E-state index is -0.526. The van der Waals surface area contributed by atoms with Crippen LogP contribution >= 0.6 is 0 Å². The lowest BCUT2D eigenvalue weighted by Gasteiger charge is -2.27. The Morgan fingerprint density at radius 1 is 1.05 bits per heavy atom. The minimum Gasteiger partial charge on any atom is -0.497 e. The Balaban J connectivity index is 2.38. The van der Waals surface area contributed by atoms with E-state index in [0.717, 1.165) is 23.3 Å². The Hall–Kier alpha value is -1.80. The quantitative estimate of drug-likeness (QED) is 0.896. The maximum atomic E-state index is 6.63. The van der Waals surface area contributed by atoms with Crippen molar-refractivity contribution >= 4 is 0 Å². The second-order valence-electron chi connectivity index (χ2n) is 6.23. The molecule has 2 aromatic carbocycles. The molecule has 112 valence electrons. The SMILES string of the molecule is COc1cccc(C(C)(N)c2cccc(CC(C)C)c2)c1. The molecular weight excluding hydrogens is 258 g/mol. The summed E-state index contributed by atoms with van der Waals surface area (Å²) in [7, 11) is 1.68. The fourth-order valence-electron chi connectivity index (χ4n) is 2.61. The summed E-state index contributed by atoms with van der Waals surface area (Å²) in [5.74, 6) is 1.48. The summed E-state index contributed by atoms with van der Waals surface area (Å²) < 4.78 is 5.31. The van der Waals surface area contributed by atoms with E-state index in [1.165, 1.54) is 5.56 Å². The highest BCUT2D eigenvalue weighted by molar-refractivity contribution is 5.41. The van der Waals surface area contributed by atoms with Gasteiger partial charge in [-0.1, -0.05) is 50.2 Å². The lowest BCUT2D eigenvalue weighted by Crippen LogP contribution is -2.34. The maximum Gasteiger partial charge on any atom is 0.119 e. The number of methoxy groups -OCH3 is 1. The fourth-order valence-corrected chi connectivity index (χ4v) is 2.61. The second kappa shape index (κ2) is 6.31. The van der Waals surface area contributed by atoms with E-state index in [2.05, 4.69) is 51.1 Å². The van der Waals surface area contributed by atoms with Gasteiger partial charge < -0.3 is 10.5 Å². The predicted molar refractivity (Wildman–Crippen MR) is 88.6 cm³/mol. The van der Waals surface area contributed by atoms with Crippen molar-refractivity contribution in [3.05, 3.63) is 65.2 Å². The van der Waals surface area contributed by atoms with Gasteiger partial charge in [-0.2, -0.15) is 0 Å². The van der Waals surface area contributed by atoms with Gasteiger partial charge in [0.2, 0.25) is 0 Å². The van der Waals surface area contributed by atoms with Gasteiger partial charge in [-0.05, 0) is 48.1 Å². The van der Waals surface area contributed by atoms with E-state index in [4.69, 9.17) is 10.5 Å². The first-order valence-corrected chi connectivity index (χ1v) is 7.46. The van der Waals surface area contributed by atoms with E-state index in [0.29, 0.717) is 5.92 Å². The van der Waals surface area contributed by atoms with Crippen LogP contribution in [0.5, 0.6) is 5.75 Å². The summed E-state index contributed by atoms with van der Waals surface area (Å²) in [5, 5.41) is 0. The van der Waals surface area contributed by atoms with Gasteiger partial charge in [0.1, 0.15) is 5.75 Å². The summed E-state index contributed by atoms with van der Waals surface area (Å²) in [6.07, 6.45) is 1.07. The van der Waals surface area contributed by atoms with Gasteiger partial charge in [0, 0.05) is 0 Å². The number of hydrogen-bond acceptors (Lipinski definition) is 2. The van der Waals surface area contributed by atoms with E-state index < -0.39 is 5.54 Å². The van der Waals surface area contributed by atoms with Crippen LogP contribution in [0.3, 0.4) is 0 Å². The van der Waals surface area contributed by atoms with Crippen LogP contribution in [0.25, 0.3) is 0 Å². The first-order chi connectivity index (χ1) is 9.93. The highest BCUT2D eigenvalue weighted by atomic mass is 16.5. The first kappa shape index (κ1) is 15.6. The first-order valence-electron chi connectivity index (χ1n) is 7.46. The third kappa shape index (κ3) is 3.64. The monoisotopic (exact) mass is 283 g/mol. The minimum absolute atomic E-state index is 0.526. The van der Waals surface area contributed by atoms with Crippen molar-refractivity contribution in [1.82, 2.24) is 0 Å². The largest absolute Gasteiger partial charge is 0.497 e. The molecule has 0 saturated carbocycles. The van der Waals surface area contributed by atoms with Crippen LogP contribution < -0.4 is 10.5 Å². The zero-order valence-electron chi connectivity index (χ0n) is 13.4. The van der Waals surface area contributed by atoms with Gasteiger partial charge in [0.15, 0.2) is 0 Å². The molecule has 1 atom stereocenters. The summed E-state index contributed by atoms with van der Waals surface area (Å²) >= 11 is 0. The molecule has 0 spiro atoms. The Kier molecular flexibility index (Phi) is 4.69. The highest BCUT2D eigenvalue weighted by Gasteiger charge is 2.24. The lowest BCUT2D eigenvalue weighted by molar-refractivity contribution is 0.413. The molecule has 0 saturated heterocycles. The third-order valence-corrected chi connectivity index (χ3v) is 3.84. The summed E-state index contributed by atoms with van der Waals surface area (Å²) in [6.45, 7) is 6.52. The average Bonchev–Trinajstić information content (AvgIpc) is 2.47. The summed E-state index contributed by atoms with van der Waals surface area (Å²) in [4.78, 5) is 0. The van der Waals surface area contributed by atoms with E-state index >= 15 is 0 Å². The molecular formula is C19H25NO. The zero-order chi connectivity index (χ0) is 15.5. The third-order valence-electron chi connectivity index (χ3n) is 3.84. The van der Waals surface area contributed by atoms with Crippen LogP contribution in [-0.2, 0) is 12.0 Å². The standard InChI is InChI=1S/C19H25NO/c1-14(2)11-15-7-5-8-16(12-15)19(3,20)17-9-6-10-18(13-17)21-4/h5-10,12-14H,11,20H2,1-4H3. The highest BCUT2D eigenvalue weighted by Crippen LogP contribution is 2.29. The average molecular weight is 283 g/mol. The van der Waals surface area contributed by atoms with Crippen LogP contribution in [0.2, 0.25) is 0 Å². The Morgan fingerprint density at radius 2 is 1.67 bits per heavy atom. The van der Waals surface area contributed by atoms with Gasteiger partial charge in [-0.3, -0.25) is 0 Å². The lowest BCUT2D eigenvalue weighted by atomic mass is 9.84. The number of ether oxygens (including phenoxy) is 1. The van der Waals surface area contributed by atoms with Crippen molar-refractivity contribution in [2.45, 2.75) is 32.7 Å². The van der Waals surface area contributed by atoms with Crippen LogP contribution in [0.4, 0.5) is 0 Å². The van der Waals surface area contributed by atoms with Gasteiger partial charge in [0.25, 0.3) is 0 Å². The van der Waals surface area contributed by atoms with Crippen molar-refractivity contribution in [3.63, 3.8) is 0 Å². The van der Waals surface area contributed by atoms with Gasteiger partial charge in [0.05, 0.1) is 12.6 Å². The summed E-state index contributed by atoms with van der Waals surface area (Å²) in [5.41, 5.74) is 9.63. The van der Waals surface area contributed by atoms with Gasteiger partial charge >= 0.3 is 0 Å². The zero-order valence-corrected chi connectivity index (χ0v) is 13.4. The molecule has 2 aromatic rings. The molecule has 0 aliphatic rings. The molecule has 2 N–H and O–H groups in total. The molecule has 21 heavy (non-hydrogen) atoms. The molecule has 0 aliphatic heterocycles. The molecule has 2 rings (SSSR count). The molecule has 2 nitrogen and oxygen atoms in total. The molecule has 1 unspecified atom stereocenters. The smallest absolute Gasteiger partial charge is 0.119 e. The molecule has 0 radical (unpaired) electrons. The van der Waals surface area contributed by atoms with Crippen LogP contribution in [0, 0.1) is 5.92 Å². The van der Waals surface area contributed by atoms with E-state index in [1.54, 1.807) is 7.11 Å². The van der Waals surface area contributed by atoms with E-state index in [1.807, 2.05) is 18.2 Å². The summed E-state index contributed by atoms with van der Waals surface area (Å²) in [6, 6.07) is 16.6. The van der Waals surface area contributed by atoms with Crippen molar-refractivity contribution in [2.75, 3.05) is 7.11 Å². The predicted octanol–water partition coefficient (Wildman–Crippen LogP) is 4.12. The Bertz CT molecular complexity index is 602. The van der Waals surface area contributed by atoms with Gasteiger partial charge in [-0.15, -0.1) is 0 Å². The maximum absolute atomic E-state index is 6.63. The van der Waals surface area contributed by atoms with Crippen LogP contribution in [-0.4, -0.2) is 7.11 Å². The topological polar surface area (TPSA) is 35.2 Å². The fraction of sp³-hybridized carbons (Fsp3) is 0.368. The number of rotatable bonds is 5. The van der Waals surface area contributed by atoms with Gasteiger partial charge in [-0.25, -0.2) is 0 Å². The molecule has 0 amide bonds. The Labute approximate surface area is 127 Å². The van der Waals surface area contributed by atoms with Crippen molar-refractivity contribution in [1.29, 1.82) is 0 Å². The Morgan fingerprint density at radius 3 is 2.29 bits per heavy atom. The molecule has 0 fully saturated rings.